The first-order valence-electron chi connectivity index (χ1n) is 6.73. The van der Waals surface area contributed by atoms with E-state index < -0.39 is 11.4 Å². The van der Waals surface area contributed by atoms with Gasteiger partial charge in [-0.3, -0.25) is 4.79 Å². The maximum Gasteiger partial charge on any atom is 0.254 e. The molecule has 1 aromatic rings. The van der Waals surface area contributed by atoms with E-state index in [9.17, 15) is 9.18 Å². The highest BCUT2D eigenvalue weighted by Crippen LogP contribution is 2.25. The first-order chi connectivity index (χ1) is 9.86. The molecule has 0 spiro atoms. The van der Waals surface area contributed by atoms with E-state index in [1.165, 1.54) is 25.3 Å². The van der Waals surface area contributed by atoms with Crippen LogP contribution in [-0.2, 0) is 4.74 Å². The third-order valence-electron chi connectivity index (χ3n) is 3.34. The minimum Gasteiger partial charge on any atom is -0.494 e. The third kappa shape index (κ3) is 3.74. The molecule has 1 unspecified atom stereocenters. The molecule has 1 saturated heterocycles. The van der Waals surface area contributed by atoms with Gasteiger partial charge in [-0.25, -0.2) is 4.39 Å². The Balaban J connectivity index is 2.22. The number of morpholine rings is 1. The van der Waals surface area contributed by atoms with E-state index in [1.54, 1.807) is 4.90 Å². The molecule has 1 amide bonds. The van der Waals surface area contributed by atoms with Crippen molar-refractivity contribution in [3.63, 3.8) is 0 Å². The summed E-state index contributed by atoms with van der Waals surface area (Å²) in [6.07, 6.45) is -0.0555. The van der Waals surface area contributed by atoms with Gasteiger partial charge in [0.15, 0.2) is 11.6 Å². The SMILES string of the molecule is COc1cc(C(=O)N2CC(CBr)OC(C)(C)C2)ccc1F. The number of alkyl halides is 1. The maximum atomic E-state index is 13.4. The molecule has 1 aromatic carbocycles. The Morgan fingerprint density at radius 2 is 2.29 bits per heavy atom. The van der Waals surface area contributed by atoms with Crippen LogP contribution in [-0.4, -0.2) is 48.0 Å². The molecule has 1 atom stereocenters. The average molecular weight is 360 g/mol. The lowest BCUT2D eigenvalue weighted by atomic mass is 10.0. The Hall–Kier alpha value is -1.14. The van der Waals surface area contributed by atoms with Crippen molar-refractivity contribution in [1.29, 1.82) is 0 Å². The minimum absolute atomic E-state index is 0.0555. The van der Waals surface area contributed by atoms with Crippen LogP contribution >= 0.6 is 15.9 Å². The molecule has 1 aliphatic rings. The van der Waals surface area contributed by atoms with Crippen LogP contribution < -0.4 is 4.74 Å². The lowest BCUT2D eigenvalue weighted by Crippen LogP contribution is -2.55. The second-order valence-electron chi connectivity index (χ2n) is 5.69. The third-order valence-corrected chi connectivity index (χ3v) is 4.06. The number of carbonyl (C=O) groups excluding carboxylic acids is 1. The molecule has 1 fully saturated rings. The predicted octanol–water partition coefficient (Wildman–Crippen LogP) is 2.85. The summed E-state index contributed by atoms with van der Waals surface area (Å²) in [5.41, 5.74) is 0.00971. The molecule has 6 heteroatoms. The number of amides is 1. The topological polar surface area (TPSA) is 38.8 Å². The number of nitrogens with zero attached hydrogens (tertiary/aromatic N) is 1. The lowest BCUT2D eigenvalue weighted by Gasteiger charge is -2.42. The second-order valence-corrected chi connectivity index (χ2v) is 6.34. The predicted molar refractivity (Wildman–Crippen MR) is 81.6 cm³/mol. The van der Waals surface area contributed by atoms with Crippen molar-refractivity contribution in [3.05, 3.63) is 29.6 Å². The summed E-state index contributed by atoms with van der Waals surface area (Å²) in [4.78, 5) is 14.3. The fourth-order valence-electron chi connectivity index (χ4n) is 2.51. The standard InChI is InChI=1S/C15H19BrFNO3/c1-15(2)9-18(8-11(7-16)21-15)14(19)10-4-5-12(17)13(6-10)20-3/h4-6,11H,7-9H2,1-3H3. The molecule has 21 heavy (non-hydrogen) atoms. The smallest absolute Gasteiger partial charge is 0.254 e. The summed E-state index contributed by atoms with van der Waals surface area (Å²) >= 11 is 3.40. The number of rotatable bonds is 3. The second kappa shape index (κ2) is 6.32. The molecule has 0 aromatic heterocycles. The number of hydrogen-bond acceptors (Lipinski definition) is 3. The molecule has 0 bridgehead atoms. The van der Waals surface area contributed by atoms with E-state index in [0.29, 0.717) is 24.0 Å². The summed E-state index contributed by atoms with van der Waals surface area (Å²) in [5.74, 6) is -0.546. The number of hydrogen-bond donors (Lipinski definition) is 0. The van der Waals surface area contributed by atoms with Gasteiger partial charge in [-0.1, -0.05) is 15.9 Å². The summed E-state index contributed by atoms with van der Waals surface area (Å²) in [7, 11) is 1.38. The highest BCUT2D eigenvalue weighted by atomic mass is 79.9. The van der Waals surface area contributed by atoms with Crippen molar-refractivity contribution >= 4 is 21.8 Å². The monoisotopic (exact) mass is 359 g/mol. The van der Waals surface area contributed by atoms with E-state index in [2.05, 4.69) is 15.9 Å². The van der Waals surface area contributed by atoms with Gasteiger partial charge >= 0.3 is 0 Å². The van der Waals surface area contributed by atoms with Crippen molar-refractivity contribution in [2.45, 2.75) is 25.6 Å². The average Bonchev–Trinajstić information content (AvgIpc) is 2.45. The van der Waals surface area contributed by atoms with Crippen LogP contribution in [0, 0.1) is 5.82 Å². The van der Waals surface area contributed by atoms with Crippen LogP contribution in [0.5, 0.6) is 5.75 Å². The number of benzene rings is 1. The molecule has 116 valence electrons. The molecule has 0 N–H and O–H groups in total. The van der Waals surface area contributed by atoms with E-state index in [-0.39, 0.29) is 17.8 Å². The van der Waals surface area contributed by atoms with E-state index >= 15 is 0 Å². The van der Waals surface area contributed by atoms with Crippen LogP contribution in [0.25, 0.3) is 0 Å². The first-order valence-corrected chi connectivity index (χ1v) is 7.85. The van der Waals surface area contributed by atoms with Gasteiger partial charge in [-0.15, -0.1) is 0 Å². The molecule has 0 radical (unpaired) electrons. The quantitative estimate of drug-likeness (QED) is 0.779. The zero-order valence-corrected chi connectivity index (χ0v) is 13.9. The fourth-order valence-corrected chi connectivity index (χ4v) is 2.84. The van der Waals surface area contributed by atoms with E-state index in [1.807, 2.05) is 13.8 Å². The molecule has 4 nitrogen and oxygen atoms in total. The van der Waals surface area contributed by atoms with Gasteiger partial charge in [0, 0.05) is 24.0 Å². The number of halogens is 2. The van der Waals surface area contributed by atoms with Gasteiger partial charge in [-0.2, -0.15) is 0 Å². The minimum atomic E-state index is -0.477. The summed E-state index contributed by atoms with van der Waals surface area (Å²) < 4.78 is 24.2. The lowest BCUT2D eigenvalue weighted by molar-refractivity contribution is -0.116. The Morgan fingerprint density at radius 1 is 1.57 bits per heavy atom. The molecular weight excluding hydrogens is 341 g/mol. The molecule has 1 aliphatic heterocycles. The highest BCUT2D eigenvalue weighted by Gasteiger charge is 2.35. The highest BCUT2D eigenvalue weighted by molar-refractivity contribution is 9.09. The Kier molecular flexibility index (Phi) is 4.88. The zero-order chi connectivity index (χ0) is 15.6. The van der Waals surface area contributed by atoms with Crippen LogP contribution in [0.1, 0.15) is 24.2 Å². The van der Waals surface area contributed by atoms with Gasteiger partial charge in [-0.05, 0) is 32.0 Å². The largest absolute Gasteiger partial charge is 0.494 e. The first kappa shape index (κ1) is 16.2. The van der Waals surface area contributed by atoms with E-state index in [4.69, 9.17) is 9.47 Å². The van der Waals surface area contributed by atoms with Crippen molar-refractivity contribution in [2.75, 3.05) is 25.5 Å². The fraction of sp³-hybridized carbons (Fsp3) is 0.533. The van der Waals surface area contributed by atoms with Crippen LogP contribution in [0.3, 0.4) is 0 Å². The van der Waals surface area contributed by atoms with Gasteiger partial charge < -0.3 is 14.4 Å². The van der Waals surface area contributed by atoms with E-state index in [0.717, 1.165) is 0 Å². The Morgan fingerprint density at radius 3 is 2.90 bits per heavy atom. The van der Waals surface area contributed by atoms with Crippen molar-refractivity contribution in [2.24, 2.45) is 0 Å². The zero-order valence-electron chi connectivity index (χ0n) is 12.4. The Labute approximate surface area is 132 Å². The number of ether oxygens (including phenoxy) is 2. The van der Waals surface area contributed by atoms with Crippen molar-refractivity contribution in [3.8, 4) is 5.75 Å². The summed E-state index contributed by atoms with van der Waals surface area (Å²) in [6, 6.07) is 4.16. The van der Waals surface area contributed by atoms with Crippen molar-refractivity contribution < 1.29 is 18.7 Å². The van der Waals surface area contributed by atoms with Gasteiger partial charge in [0.25, 0.3) is 5.91 Å². The van der Waals surface area contributed by atoms with Crippen molar-refractivity contribution in [1.82, 2.24) is 4.90 Å². The molecule has 0 aliphatic carbocycles. The van der Waals surface area contributed by atoms with Crippen LogP contribution in [0.15, 0.2) is 18.2 Å². The molecule has 0 saturated carbocycles. The van der Waals surface area contributed by atoms with Gasteiger partial charge in [0.05, 0.1) is 18.8 Å². The van der Waals surface area contributed by atoms with Crippen LogP contribution in [0.4, 0.5) is 4.39 Å². The number of carbonyl (C=O) groups is 1. The normalized spacial score (nSPS) is 21.2. The number of methoxy groups -OCH3 is 1. The summed E-state index contributed by atoms with van der Waals surface area (Å²) in [6.45, 7) is 4.91. The van der Waals surface area contributed by atoms with Crippen LogP contribution in [0.2, 0.25) is 0 Å². The summed E-state index contributed by atoms with van der Waals surface area (Å²) in [5, 5.41) is 0.660. The molecule has 1 heterocycles. The van der Waals surface area contributed by atoms with Gasteiger partial charge in [0.2, 0.25) is 0 Å². The maximum absolute atomic E-state index is 13.4. The van der Waals surface area contributed by atoms with Gasteiger partial charge in [0.1, 0.15) is 0 Å². The Bertz CT molecular complexity index is 536. The molecular formula is C15H19BrFNO3. The molecule has 2 rings (SSSR count).